The molecule has 2 aromatic rings. The van der Waals surface area contributed by atoms with Gasteiger partial charge in [0.15, 0.2) is 0 Å². The van der Waals surface area contributed by atoms with Crippen molar-refractivity contribution in [1.29, 1.82) is 0 Å². The number of rotatable bonds is 7. The summed E-state index contributed by atoms with van der Waals surface area (Å²) in [4.78, 5) is 11.8. The first-order valence-corrected chi connectivity index (χ1v) is 7.40. The molecule has 0 radical (unpaired) electrons. The number of fused-ring (bicyclic) bond motifs is 1. The van der Waals surface area contributed by atoms with Crippen LogP contribution < -0.4 is 4.74 Å². The van der Waals surface area contributed by atoms with Crippen LogP contribution in [0.15, 0.2) is 36.4 Å². The Labute approximate surface area is 130 Å². The molecule has 0 saturated heterocycles. The summed E-state index contributed by atoms with van der Waals surface area (Å²) in [6.45, 7) is 4.67. The van der Waals surface area contributed by atoms with Gasteiger partial charge in [0.1, 0.15) is 5.75 Å². The van der Waals surface area contributed by atoms with Crippen molar-refractivity contribution in [2.45, 2.75) is 25.7 Å². The summed E-state index contributed by atoms with van der Waals surface area (Å²) >= 11 is 0. The molecule has 0 saturated carbocycles. The number of methoxy groups -OCH3 is 1. The molecule has 22 heavy (non-hydrogen) atoms. The molecule has 2 aromatic carbocycles. The van der Waals surface area contributed by atoms with Gasteiger partial charge >= 0.3 is 5.97 Å². The van der Waals surface area contributed by atoms with Gasteiger partial charge in [-0.1, -0.05) is 24.3 Å². The van der Waals surface area contributed by atoms with Crippen molar-refractivity contribution in [3.63, 3.8) is 0 Å². The zero-order valence-corrected chi connectivity index (χ0v) is 13.3. The average molecular weight is 302 g/mol. The average Bonchev–Trinajstić information content (AvgIpc) is 2.53. The summed E-state index contributed by atoms with van der Waals surface area (Å²) < 4.78 is 10.6. The molecular formula is C18H22O4. The summed E-state index contributed by atoms with van der Waals surface area (Å²) in [5.41, 5.74) is -0.166. The van der Waals surface area contributed by atoms with Gasteiger partial charge in [-0.05, 0) is 48.7 Å². The third kappa shape index (κ3) is 3.22. The highest BCUT2D eigenvalue weighted by Crippen LogP contribution is 2.31. The summed E-state index contributed by atoms with van der Waals surface area (Å²) in [5.74, 6) is -0.0438. The lowest BCUT2D eigenvalue weighted by Gasteiger charge is -2.25. The van der Waals surface area contributed by atoms with Gasteiger partial charge in [0.2, 0.25) is 0 Å². The molecule has 2 rings (SSSR count). The maximum atomic E-state index is 11.8. The molecule has 1 atom stereocenters. The van der Waals surface area contributed by atoms with E-state index >= 15 is 0 Å². The van der Waals surface area contributed by atoms with Crippen molar-refractivity contribution in [1.82, 2.24) is 0 Å². The van der Waals surface area contributed by atoms with Crippen molar-refractivity contribution in [3.05, 3.63) is 42.0 Å². The molecule has 4 nitrogen and oxygen atoms in total. The maximum Gasteiger partial charge on any atom is 0.313 e. The third-order valence-corrected chi connectivity index (χ3v) is 4.11. The molecule has 118 valence electrons. The Bertz CT molecular complexity index is 665. The molecule has 0 heterocycles. The number of carboxylic acid groups (broad SMARTS) is 1. The van der Waals surface area contributed by atoms with Crippen molar-refractivity contribution < 1.29 is 19.4 Å². The Morgan fingerprint density at radius 1 is 1.18 bits per heavy atom. The fourth-order valence-corrected chi connectivity index (χ4v) is 2.49. The van der Waals surface area contributed by atoms with E-state index in [9.17, 15) is 9.90 Å². The van der Waals surface area contributed by atoms with Crippen LogP contribution in [0.25, 0.3) is 10.8 Å². The Hall–Kier alpha value is -2.07. The zero-order chi connectivity index (χ0) is 16.2. The van der Waals surface area contributed by atoms with Crippen LogP contribution >= 0.6 is 0 Å². The molecule has 0 spiro atoms. The van der Waals surface area contributed by atoms with E-state index in [-0.39, 0.29) is 0 Å². The lowest BCUT2D eigenvalue weighted by atomic mass is 9.79. The topological polar surface area (TPSA) is 55.8 Å². The quantitative estimate of drug-likeness (QED) is 0.794. The van der Waals surface area contributed by atoms with Crippen LogP contribution in [-0.4, -0.2) is 31.4 Å². The number of hydrogen-bond acceptors (Lipinski definition) is 3. The van der Waals surface area contributed by atoms with Crippen LogP contribution in [0, 0.1) is 0 Å². The van der Waals surface area contributed by atoms with E-state index in [1.807, 2.05) is 43.3 Å². The van der Waals surface area contributed by atoms with Crippen LogP contribution in [0.5, 0.6) is 5.75 Å². The van der Waals surface area contributed by atoms with E-state index < -0.39 is 11.4 Å². The number of ether oxygens (including phenoxy) is 2. The third-order valence-electron chi connectivity index (χ3n) is 4.11. The molecule has 0 aliphatic carbocycles. The van der Waals surface area contributed by atoms with E-state index in [0.717, 1.165) is 22.1 Å². The normalized spacial score (nSPS) is 13.8. The SMILES string of the molecule is CCOCCC(C)(C(=O)O)c1ccc2cc(OC)ccc2c1. The Morgan fingerprint density at radius 3 is 2.50 bits per heavy atom. The van der Waals surface area contributed by atoms with Gasteiger partial charge in [-0.2, -0.15) is 0 Å². The Kier molecular flexibility index (Phi) is 5.03. The van der Waals surface area contributed by atoms with Crippen LogP contribution in [0.2, 0.25) is 0 Å². The van der Waals surface area contributed by atoms with Crippen molar-refractivity contribution in [2.24, 2.45) is 0 Å². The highest BCUT2D eigenvalue weighted by Gasteiger charge is 2.35. The van der Waals surface area contributed by atoms with Crippen LogP contribution in [0.4, 0.5) is 0 Å². The van der Waals surface area contributed by atoms with Crippen LogP contribution in [0.1, 0.15) is 25.8 Å². The Morgan fingerprint density at radius 2 is 1.86 bits per heavy atom. The van der Waals surface area contributed by atoms with Gasteiger partial charge in [-0.3, -0.25) is 4.79 Å². The Balaban J connectivity index is 2.39. The molecular weight excluding hydrogens is 280 g/mol. The molecule has 0 amide bonds. The fourth-order valence-electron chi connectivity index (χ4n) is 2.49. The van der Waals surface area contributed by atoms with Gasteiger partial charge in [0.25, 0.3) is 0 Å². The van der Waals surface area contributed by atoms with E-state index in [0.29, 0.717) is 19.6 Å². The number of hydrogen-bond donors (Lipinski definition) is 1. The zero-order valence-electron chi connectivity index (χ0n) is 13.3. The lowest BCUT2D eigenvalue weighted by molar-refractivity contribution is -0.144. The fraction of sp³-hybridized carbons (Fsp3) is 0.389. The van der Waals surface area contributed by atoms with Gasteiger partial charge in [-0.25, -0.2) is 0 Å². The summed E-state index contributed by atoms with van der Waals surface area (Å²) in [7, 11) is 1.63. The number of carboxylic acids is 1. The monoisotopic (exact) mass is 302 g/mol. The molecule has 0 bridgehead atoms. The molecule has 1 unspecified atom stereocenters. The van der Waals surface area contributed by atoms with Gasteiger partial charge in [0, 0.05) is 13.2 Å². The molecule has 0 fully saturated rings. The van der Waals surface area contributed by atoms with Crippen molar-refractivity contribution >= 4 is 16.7 Å². The molecule has 0 aliphatic heterocycles. The standard InChI is InChI=1S/C18H22O4/c1-4-22-10-9-18(2,17(19)20)15-7-5-14-12-16(21-3)8-6-13(14)11-15/h5-8,11-12H,4,9-10H2,1-3H3,(H,19,20). The van der Waals surface area contributed by atoms with Gasteiger partial charge in [-0.15, -0.1) is 0 Å². The van der Waals surface area contributed by atoms with Crippen LogP contribution in [0.3, 0.4) is 0 Å². The second-order valence-electron chi connectivity index (χ2n) is 5.51. The largest absolute Gasteiger partial charge is 0.497 e. The molecule has 4 heteroatoms. The predicted molar refractivity (Wildman–Crippen MR) is 86.6 cm³/mol. The van der Waals surface area contributed by atoms with E-state index in [1.54, 1.807) is 14.0 Å². The number of benzene rings is 2. The minimum absolute atomic E-state index is 0.431. The second kappa shape index (κ2) is 6.79. The predicted octanol–water partition coefficient (Wildman–Crippen LogP) is 3.62. The second-order valence-corrected chi connectivity index (χ2v) is 5.51. The maximum absolute atomic E-state index is 11.8. The molecule has 1 N–H and O–H groups in total. The minimum atomic E-state index is -0.955. The highest BCUT2D eigenvalue weighted by atomic mass is 16.5. The first-order chi connectivity index (χ1) is 10.5. The summed E-state index contributed by atoms with van der Waals surface area (Å²) in [6, 6.07) is 11.5. The van der Waals surface area contributed by atoms with E-state index in [2.05, 4.69) is 0 Å². The smallest absolute Gasteiger partial charge is 0.313 e. The molecule has 0 aromatic heterocycles. The van der Waals surface area contributed by atoms with E-state index in [1.165, 1.54) is 0 Å². The van der Waals surface area contributed by atoms with Crippen LogP contribution in [-0.2, 0) is 14.9 Å². The summed E-state index contributed by atoms with van der Waals surface area (Å²) in [5, 5.41) is 11.7. The van der Waals surface area contributed by atoms with Crippen molar-refractivity contribution in [2.75, 3.05) is 20.3 Å². The van der Waals surface area contributed by atoms with Gasteiger partial charge in [0.05, 0.1) is 12.5 Å². The molecule has 0 aliphatic rings. The van der Waals surface area contributed by atoms with Crippen molar-refractivity contribution in [3.8, 4) is 5.75 Å². The lowest BCUT2D eigenvalue weighted by Crippen LogP contribution is -2.33. The highest BCUT2D eigenvalue weighted by molar-refractivity contribution is 5.88. The van der Waals surface area contributed by atoms with Gasteiger partial charge < -0.3 is 14.6 Å². The van der Waals surface area contributed by atoms with E-state index in [4.69, 9.17) is 9.47 Å². The minimum Gasteiger partial charge on any atom is -0.497 e. The summed E-state index contributed by atoms with van der Waals surface area (Å²) in [6.07, 6.45) is 0.442. The first kappa shape index (κ1) is 16.3. The first-order valence-electron chi connectivity index (χ1n) is 7.40. The number of aliphatic carboxylic acids is 1. The number of carbonyl (C=O) groups is 1.